The second-order valence-electron chi connectivity index (χ2n) is 2.85. The average Bonchev–Trinajstić information content (AvgIpc) is 2.34. The van der Waals surface area contributed by atoms with E-state index in [0.29, 0.717) is 9.49 Å². The number of carboxylic acid groups (broad SMARTS) is 1. The molecule has 0 saturated heterocycles. The number of carbonyl (C=O) groups is 1. The molecule has 0 atom stereocenters. The highest BCUT2D eigenvalue weighted by molar-refractivity contribution is 8.03. The van der Waals surface area contributed by atoms with Crippen molar-refractivity contribution >= 4 is 40.7 Å². The van der Waals surface area contributed by atoms with Crippen LogP contribution in [0.1, 0.15) is 13.8 Å². The van der Waals surface area contributed by atoms with E-state index in [9.17, 15) is 4.79 Å². The van der Waals surface area contributed by atoms with E-state index in [0.717, 1.165) is 0 Å². The maximum Gasteiger partial charge on any atom is 0.319 e. The third-order valence-electron chi connectivity index (χ3n) is 1.31. The summed E-state index contributed by atoms with van der Waals surface area (Å²) in [6, 6.07) is 0. The molecule has 0 aliphatic rings. The highest BCUT2D eigenvalue weighted by Crippen LogP contribution is 2.35. The van der Waals surface area contributed by atoms with E-state index in [1.165, 1.54) is 23.1 Å². The summed E-state index contributed by atoms with van der Waals surface area (Å²) in [4.78, 5) is 14.7. The number of rotatable bonds is 3. The summed E-state index contributed by atoms with van der Waals surface area (Å²) < 4.78 is -0.182. The number of halogens is 1. The maximum absolute atomic E-state index is 10.8. The lowest BCUT2D eigenvalue weighted by atomic mass is 10.2. The largest absolute Gasteiger partial charge is 0.480 e. The monoisotopic (exact) mass is 237 g/mol. The molecule has 0 saturated carbocycles. The van der Waals surface area contributed by atoms with Crippen molar-refractivity contribution in [1.29, 1.82) is 0 Å². The SMILES string of the molecule is CC(C)(Sc1nc(Cl)cs1)C(=O)O. The zero-order valence-electron chi connectivity index (χ0n) is 7.07. The van der Waals surface area contributed by atoms with E-state index in [1.807, 2.05) is 0 Å². The number of hydrogen-bond donors (Lipinski definition) is 1. The Balaban J connectivity index is 2.74. The molecule has 6 heteroatoms. The van der Waals surface area contributed by atoms with Gasteiger partial charge in [0.15, 0.2) is 4.34 Å². The van der Waals surface area contributed by atoms with Gasteiger partial charge in [-0.25, -0.2) is 4.98 Å². The summed E-state index contributed by atoms with van der Waals surface area (Å²) in [5.74, 6) is -0.858. The van der Waals surface area contributed by atoms with Crippen LogP contribution in [0.25, 0.3) is 0 Å². The molecule has 0 amide bonds. The molecule has 1 rings (SSSR count). The molecule has 1 aromatic heterocycles. The van der Waals surface area contributed by atoms with E-state index in [-0.39, 0.29) is 0 Å². The minimum Gasteiger partial charge on any atom is -0.480 e. The first-order chi connectivity index (χ1) is 5.92. The molecule has 1 heterocycles. The molecular formula is C7H8ClNO2S2. The molecule has 0 unspecified atom stereocenters. The molecular weight excluding hydrogens is 230 g/mol. The Labute approximate surface area is 89.1 Å². The quantitative estimate of drug-likeness (QED) is 0.822. The zero-order chi connectivity index (χ0) is 10.1. The molecule has 0 spiro atoms. The molecule has 0 fully saturated rings. The van der Waals surface area contributed by atoms with Crippen LogP contribution >= 0.6 is 34.7 Å². The van der Waals surface area contributed by atoms with Crippen LogP contribution in [0.4, 0.5) is 0 Å². The lowest BCUT2D eigenvalue weighted by Gasteiger charge is -2.15. The number of carboxylic acids is 1. The summed E-state index contributed by atoms with van der Waals surface area (Å²) in [5.41, 5.74) is 0. The first kappa shape index (κ1) is 10.8. The third kappa shape index (κ3) is 2.86. The van der Waals surface area contributed by atoms with Crippen molar-refractivity contribution in [1.82, 2.24) is 4.98 Å². The molecule has 13 heavy (non-hydrogen) atoms. The minimum atomic E-state index is -0.860. The number of thioether (sulfide) groups is 1. The van der Waals surface area contributed by atoms with Crippen LogP contribution in [0.15, 0.2) is 9.72 Å². The van der Waals surface area contributed by atoms with Crippen molar-refractivity contribution in [2.24, 2.45) is 0 Å². The number of hydrogen-bond acceptors (Lipinski definition) is 4. The Morgan fingerprint density at radius 3 is 2.77 bits per heavy atom. The number of thiazole rings is 1. The predicted molar refractivity (Wildman–Crippen MR) is 54.7 cm³/mol. The van der Waals surface area contributed by atoms with E-state index < -0.39 is 10.7 Å². The van der Waals surface area contributed by atoms with Gasteiger partial charge < -0.3 is 5.11 Å². The van der Waals surface area contributed by atoms with Gasteiger partial charge in [0, 0.05) is 5.38 Å². The van der Waals surface area contributed by atoms with Crippen LogP contribution in [-0.2, 0) is 4.79 Å². The van der Waals surface area contributed by atoms with Crippen LogP contribution < -0.4 is 0 Å². The van der Waals surface area contributed by atoms with E-state index in [4.69, 9.17) is 16.7 Å². The van der Waals surface area contributed by atoms with Crippen molar-refractivity contribution in [3.8, 4) is 0 Å². The first-order valence-electron chi connectivity index (χ1n) is 3.45. The standard InChI is InChI=1S/C7H8ClNO2S2/c1-7(2,5(10)11)13-6-9-4(8)3-12-6/h3H,1-2H3,(H,10,11). The molecule has 0 aliphatic carbocycles. The van der Waals surface area contributed by atoms with Crippen molar-refractivity contribution in [2.75, 3.05) is 0 Å². The molecule has 0 aromatic carbocycles. The van der Waals surface area contributed by atoms with Crippen molar-refractivity contribution in [3.63, 3.8) is 0 Å². The summed E-state index contributed by atoms with van der Waals surface area (Å²) in [5, 5.41) is 10.9. The summed E-state index contributed by atoms with van der Waals surface area (Å²) >= 11 is 8.16. The van der Waals surface area contributed by atoms with Gasteiger partial charge in [0.25, 0.3) is 0 Å². The number of nitrogens with zero attached hydrogens (tertiary/aromatic N) is 1. The third-order valence-corrected chi connectivity index (χ3v) is 3.76. The van der Waals surface area contributed by atoms with Gasteiger partial charge in [0.1, 0.15) is 9.90 Å². The topological polar surface area (TPSA) is 50.2 Å². The van der Waals surface area contributed by atoms with Crippen molar-refractivity contribution < 1.29 is 9.90 Å². The summed E-state index contributed by atoms with van der Waals surface area (Å²) in [6.07, 6.45) is 0. The average molecular weight is 238 g/mol. The molecule has 3 nitrogen and oxygen atoms in total. The van der Waals surface area contributed by atoms with Gasteiger partial charge in [0.2, 0.25) is 0 Å². The smallest absolute Gasteiger partial charge is 0.319 e. The van der Waals surface area contributed by atoms with Gasteiger partial charge in [0.05, 0.1) is 0 Å². The molecule has 0 bridgehead atoms. The Morgan fingerprint density at radius 2 is 2.38 bits per heavy atom. The normalized spacial score (nSPS) is 11.6. The van der Waals surface area contributed by atoms with Gasteiger partial charge >= 0.3 is 5.97 Å². The van der Waals surface area contributed by atoms with Crippen LogP contribution in [0.3, 0.4) is 0 Å². The lowest BCUT2D eigenvalue weighted by molar-refractivity contribution is -0.138. The van der Waals surface area contributed by atoms with Gasteiger partial charge in [-0.3, -0.25) is 4.79 Å². The van der Waals surface area contributed by atoms with Gasteiger partial charge in [-0.2, -0.15) is 0 Å². The molecule has 0 radical (unpaired) electrons. The molecule has 1 aromatic rings. The fourth-order valence-electron chi connectivity index (χ4n) is 0.548. The predicted octanol–water partition coefficient (Wildman–Crippen LogP) is 2.75. The Bertz CT molecular complexity index is 324. The van der Waals surface area contributed by atoms with Crippen molar-refractivity contribution in [2.45, 2.75) is 22.9 Å². The zero-order valence-corrected chi connectivity index (χ0v) is 9.46. The molecule has 72 valence electrons. The Hall–Kier alpha value is -0.260. The second kappa shape index (κ2) is 3.86. The van der Waals surface area contributed by atoms with Crippen LogP contribution in [-0.4, -0.2) is 20.8 Å². The molecule has 1 N–H and O–H groups in total. The van der Waals surface area contributed by atoms with E-state index >= 15 is 0 Å². The van der Waals surface area contributed by atoms with E-state index in [2.05, 4.69) is 4.98 Å². The Kier molecular flexibility index (Phi) is 3.21. The van der Waals surface area contributed by atoms with Gasteiger partial charge in [-0.05, 0) is 13.8 Å². The highest BCUT2D eigenvalue weighted by atomic mass is 35.5. The van der Waals surface area contributed by atoms with Crippen molar-refractivity contribution in [3.05, 3.63) is 10.5 Å². The maximum atomic E-state index is 10.8. The Morgan fingerprint density at radius 1 is 1.77 bits per heavy atom. The summed E-state index contributed by atoms with van der Waals surface area (Å²) in [7, 11) is 0. The fraction of sp³-hybridized carbons (Fsp3) is 0.429. The van der Waals surface area contributed by atoms with Crippen LogP contribution in [0.2, 0.25) is 5.15 Å². The number of aliphatic carboxylic acids is 1. The fourth-order valence-corrected chi connectivity index (χ4v) is 2.90. The van der Waals surface area contributed by atoms with Crippen LogP contribution in [0, 0.1) is 0 Å². The number of aromatic nitrogens is 1. The van der Waals surface area contributed by atoms with Crippen LogP contribution in [0.5, 0.6) is 0 Å². The minimum absolute atomic E-state index is 0.411. The second-order valence-corrected chi connectivity index (χ2v) is 5.97. The summed E-state index contributed by atoms with van der Waals surface area (Å²) in [6.45, 7) is 3.27. The van der Waals surface area contributed by atoms with Gasteiger partial charge in [-0.15, -0.1) is 11.3 Å². The van der Waals surface area contributed by atoms with E-state index in [1.54, 1.807) is 19.2 Å². The lowest BCUT2D eigenvalue weighted by Crippen LogP contribution is -2.26. The van der Waals surface area contributed by atoms with Gasteiger partial charge in [-0.1, -0.05) is 23.4 Å². The first-order valence-corrected chi connectivity index (χ1v) is 5.52. The molecule has 0 aliphatic heterocycles. The highest BCUT2D eigenvalue weighted by Gasteiger charge is 2.29.